The van der Waals surface area contributed by atoms with Crippen molar-refractivity contribution in [1.29, 1.82) is 0 Å². The van der Waals surface area contributed by atoms with Crippen LogP contribution in [0.4, 0.5) is 0 Å². The quantitative estimate of drug-likeness (QED) is 0.462. The molecule has 3 aliphatic rings. The van der Waals surface area contributed by atoms with Gasteiger partial charge in [0.1, 0.15) is 5.39 Å². The third-order valence-electron chi connectivity index (χ3n) is 9.46. The van der Waals surface area contributed by atoms with Crippen molar-refractivity contribution >= 4 is 28.7 Å². The summed E-state index contributed by atoms with van der Waals surface area (Å²) in [5.74, 6) is 0.950. The number of carbonyl (C=O) groups is 1. The SMILES string of the molecule is CSc1ncc2c(=O)n(CC3(O)CCN(C(=O)C(C)CC4CCCCC4)CC34CCCC4)n(C)c2n1. The Kier molecular flexibility index (Phi) is 7.24. The maximum Gasteiger partial charge on any atom is 0.277 e. The van der Waals surface area contributed by atoms with E-state index in [1.165, 1.54) is 43.9 Å². The Labute approximate surface area is 217 Å². The molecular weight excluding hydrogens is 474 g/mol. The lowest BCUT2D eigenvalue weighted by molar-refractivity contribution is -0.164. The molecule has 2 aliphatic carbocycles. The van der Waals surface area contributed by atoms with E-state index in [0.29, 0.717) is 41.6 Å². The number of hydrogen-bond donors (Lipinski definition) is 1. The van der Waals surface area contributed by atoms with Gasteiger partial charge in [0.15, 0.2) is 10.8 Å². The third kappa shape index (κ3) is 4.51. The molecule has 8 nitrogen and oxygen atoms in total. The van der Waals surface area contributed by atoms with E-state index in [0.717, 1.165) is 32.1 Å². The van der Waals surface area contributed by atoms with Crippen LogP contribution in [0, 0.1) is 17.3 Å². The summed E-state index contributed by atoms with van der Waals surface area (Å²) in [6.07, 6.45) is 15.3. The van der Waals surface area contributed by atoms with E-state index in [2.05, 4.69) is 16.9 Å². The molecule has 3 fully saturated rings. The first-order valence-corrected chi connectivity index (χ1v) is 15.0. The van der Waals surface area contributed by atoms with Gasteiger partial charge < -0.3 is 10.0 Å². The molecule has 2 unspecified atom stereocenters. The normalized spacial score (nSPS) is 25.6. The maximum atomic E-state index is 13.5. The number of carbonyl (C=O) groups excluding carboxylic acids is 1. The average Bonchev–Trinajstić information content (AvgIpc) is 3.45. The van der Waals surface area contributed by atoms with Crippen LogP contribution in [0.5, 0.6) is 0 Å². The average molecular weight is 516 g/mol. The van der Waals surface area contributed by atoms with Gasteiger partial charge in [-0.2, -0.15) is 0 Å². The number of rotatable bonds is 6. The van der Waals surface area contributed by atoms with Crippen molar-refractivity contribution in [2.24, 2.45) is 24.3 Å². The van der Waals surface area contributed by atoms with Gasteiger partial charge >= 0.3 is 0 Å². The summed E-state index contributed by atoms with van der Waals surface area (Å²) in [5, 5.41) is 13.3. The van der Waals surface area contributed by atoms with Crippen molar-refractivity contribution in [1.82, 2.24) is 24.2 Å². The first-order valence-electron chi connectivity index (χ1n) is 13.7. The van der Waals surface area contributed by atoms with Crippen LogP contribution in [0.15, 0.2) is 16.1 Å². The summed E-state index contributed by atoms with van der Waals surface area (Å²) in [4.78, 5) is 37.7. The zero-order valence-corrected chi connectivity index (χ0v) is 22.9. The third-order valence-corrected chi connectivity index (χ3v) is 10.0. The van der Waals surface area contributed by atoms with Gasteiger partial charge in [-0.3, -0.25) is 14.3 Å². The van der Waals surface area contributed by atoms with E-state index in [9.17, 15) is 14.7 Å². The van der Waals surface area contributed by atoms with E-state index in [1.807, 2.05) is 18.2 Å². The van der Waals surface area contributed by atoms with Crippen LogP contribution < -0.4 is 5.56 Å². The predicted molar refractivity (Wildman–Crippen MR) is 142 cm³/mol. The minimum Gasteiger partial charge on any atom is -0.387 e. The first kappa shape index (κ1) is 25.8. The van der Waals surface area contributed by atoms with E-state index < -0.39 is 5.60 Å². The van der Waals surface area contributed by atoms with Gasteiger partial charge in [0, 0.05) is 37.7 Å². The van der Waals surface area contributed by atoms with Gasteiger partial charge in [0.25, 0.3) is 5.56 Å². The fraction of sp³-hybridized carbons (Fsp3) is 0.778. The molecule has 3 heterocycles. The van der Waals surface area contributed by atoms with Crippen LogP contribution in [0.3, 0.4) is 0 Å². The Hall–Kier alpha value is -1.87. The summed E-state index contributed by atoms with van der Waals surface area (Å²) >= 11 is 1.44. The second kappa shape index (κ2) is 10.1. The highest BCUT2D eigenvalue weighted by molar-refractivity contribution is 7.98. The highest BCUT2D eigenvalue weighted by atomic mass is 32.2. The molecular formula is C27H41N5O3S. The second-order valence-corrected chi connectivity index (χ2v) is 12.4. The molecule has 0 bridgehead atoms. The topological polar surface area (TPSA) is 93.3 Å². The Balaban J connectivity index is 1.37. The summed E-state index contributed by atoms with van der Waals surface area (Å²) in [6.45, 7) is 3.44. The van der Waals surface area contributed by atoms with Crippen LogP contribution in [0.2, 0.25) is 0 Å². The van der Waals surface area contributed by atoms with Gasteiger partial charge in [-0.05, 0) is 37.9 Å². The van der Waals surface area contributed by atoms with Crippen molar-refractivity contribution in [3.8, 4) is 0 Å². The summed E-state index contributed by atoms with van der Waals surface area (Å²) in [6, 6.07) is 0. The molecule has 0 radical (unpaired) electrons. The molecule has 2 atom stereocenters. The van der Waals surface area contributed by atoms with E-state index in [-0.39, 0.29) is 29.3 Å². The predicted octanol–water partition coefficient (Wildman–Crippen LogP) is 3.98. The lowest BCUT2D eigenvalue weighted by Crippen LogP contribution is -2.62. The molecule has 0 aromatic carbocycles. The van der Waals surface area contributed by atoms with Gasteiger partial charge in [0.05, 0.1) is 12.1 Å². The molecule has 1 spiro atoms. The number of fused-ring (bicyclic) bond motifs is 1. The second-order valence-electron chi connectivity index (χ2n) is 11.6. The van der Waals surface area contributed by atoms with Crippen LogP contribution in [0.25, 0.3) is 11.0 Å². The molecule has 2 aromatic rings. The maximum absolute atomic E-state index is 13.5. The van der Waals surface area contributed by atoms with Crippen LogP contribution in [0.1, 0.15) is 77.6 Å². The zero-order chi connectivity index (χ0) is 25.5. The number of likely N-dealkylation sites (tertiary alicyclic amines) is 1. The Morgan fingerprint density at radius 1 is 1.19 bits per heavy atom. The molecule has 1 amide bonds. The minimum absolute atomic E-state index is 0.0303. The highest BCUT2D eigenvalue weighted by Gasteiger charge is 2.56. The van der Waals surface area contributed by atoms with E-state index >= 15 is 0 Å². The largest absolute Gasteiger partial charge is 0.387 e. The van der Waals surface area contributed by atoms with Crippen molar-refractivity contribution in [3.05, 3.63) is 16.6 Å². The van der Waals surface area contributed by atoms with Crippen molar-refractivity contribution in [2.75, 3.05) is 19.3 Å². The Bertz CT molecular complexity index is 1160. The molecule has 198 valence electrons. The van der Waals surface area contributed by atoms with Crippen molar-refractivity contribution in [3.63, 3.8) is 0 Å². The monoisotopic (exact) mass is 515 g/mol. The van der Waals surface area contributed by atoms with E-state index in [1.54, 1.807) is 15.6 Å². The van der Waals surface area contributed by atoms with Gasteiger partial charge in [0.2, 0.25) is 5.91 Å². The molecule has 1 saturated heterocycles. The smallest absolute Gasteiger partial charge is 0.277 e. The fourth-order valence-corrected chi connectivity index (χ4v) is 7.63. The van der Waals surface area contributed by atoms with Crippen LogP contribution in [-0.4, -0.2) is 60.2 Å². The molecule has 9 heteroatoms. The summed E-state index contributed by atoms with van der Waals surface area (Å²) < 4.78 is 3.40. The number of hydrogen-bond acceptors (Lipinski definition) is 6. The Morgan fingerprint density at radius 3 is 2.61 bits per heavy atom. The number of thioether (sulfide) groups is 1. The minimum atomic E-state index is -1.05. The number of nitrogens with zero attached hydrogens (tertiary/aromatic N) is 5. The van der Waals surface area contributed by atoms with E-state index in [4.69, 9.17) is 0 Å². The molecule has 2 saturated carbocycles. The van der Waals surface area contributed by atoms with Gasteiger partial charge in [-0.1, -0.05) is 63.6 Å². The summed E-state index contributed by atoms with van der Waals surface area (Å²) in [5.41, 5.74) is -1.000. The van der Waals surface area contributed by atoms with Crippen LogP contribution >= 0.6 is 11.8 Å². The standard InChI is InChI=1S/C27H41N5O3S/c1-19(15-20-9-5-4-6-10-20)23(33)31-14-13-27(35,26(17-31)11-7-8-12-26)18-32-24(34)21-16-28-25(36-3)29-22(21)30(32)2/h16,19-20,35H,4-15,17-18H2,1-3H3. The number of amides is 1. The summed E-state index contributed by atoms with van der Waals surface area (Å²) in [7, 11) is 1.83. The number of aliphatic hydroxyl groups is 1. The van der Waals surface area contributed by atoms with Gasteiger partial charge in [-0.25, -0.2) is 14.6 Å². The number of aromatic nitrogens is 4. The molecule has 36 heavy (non-hydrogen) atoms. The molecule has 1 aliphatic heterocycles. The number of aryl methyl sites for hydroxylation is 1. The fourth-order valence-electron chi connectivity index (χ4n) is 7.29. The Morgan fingerprint density at radius 2 is 1.92 bits per heavy atom. The zero-order valence-electron chi connectivity index (χ0n) is 22.0. The molecule has 2 aromatic heterocycles. The lowest BCUT2D eigenvalue weighted by atomic mass is 9.65. The van der Waals surface area contributed by atoms with Gasteiger partial charge in [-0.15, -0.1) is 0 Å². The highest BCUT2D eigenvalue weighted by Crippen LogP contribution is 2.52. The lowest BCUT2D eigenvalue weighted by Gasteiger charge is -2.52. The van der Waals surface area contributed by atoms with Crippen LogP contribution in [-0.2, 0) is 18.4 Å². The molecule has 1 N–H and O–H groups in total. The van der Waals surface area contributed by atoms with Crippen molar-refractivity contribution < 1.29 is 9.90 Å². The first-order chi connectivity index (χ1) is 17.3. The molecule has 5 rings (SSSR count). The van der Waals surface area contributed by atoms with Crippen molar-refractivity contribution in [2.45, 2.75) is 94.9 Å². The number of piperidine rings is 1.